The fourth-order valence-electron chi connectivity index (χ4n) is 1.99. The van der Waals surface area contributed by atoms with E-state index in [0.29, 0.717) is 11.3 Å². The molecule has 0 unspecified atom stereocenters. The highest BCUT2D eigenvalue weighted by Crippen LogP contribution is 2.31. The molecule has 5 heteroatoms. The van der Waals surface area contributed by atoms with Crippen molar-refractivity contribution in [2.24, 2.45) is 0 Å². The van der Waals surface area contributed by atoms with Crippen molar-refractivity contribution in [2.45, 2.75) is 20.3 Å². The predicted molar refractivity (Wildman–Crippen MR) is 77.5 cm³/mol. The SMILES string of the molecule is CCCNc1ncnc(-c2cccc(OC)c2F)c1C. The van der Waals surface area contributed by atoms with Crippen molar-refractivity contribution in [2.75, 3.05) is 19.0 Å². The maximum atomic E-state index is 14.3. The van der Waals surface area contributed by atoms with Crippen LogP contribution < -0.4 is 10.1 Å². The van der Waals surface area contributed by atoms with Gasteiger partial charge in [-0.2, -0.15) is 0 Å². The van der Waals surface area contributed by atoms with E-state index in [1.165, 1.54) is 13.4 Å². The smallest absolute Gasteiger partial charge is 0.174 e. The van der Waals surface area contributed by atoms with Gasteiger partial charge in [0.25, 0.3) is 0 Å². The minimum absolute atomic E-state index is 0.212. The lowest BCUT2D eigenvalue weighted by molar-refractivity contribution is 0.387. The molecular formula is C15H18FN3O. The number of hydrogen-bond acceptors (Lipinski definition) is 4. The van der Waals surface area contributed by atoms with Crippen molar-refractivity contribution in [1.82, 2.24) is 9.97 Å². The molecule has 1 aromatic carbocycles. The molecule has 0 fully saturated rings. The average Bonchev–Trinajstić information content (AvgIpc) is 2.47. The summed E-state index contributed by atoms with van der Waals surface area (Å²) in [6.07, 6.45) is 2.44. The third-order valence-electron chi connectivity index (χ3n) is 3.06. The Kier molecular flexibility index (Phi) is 4.50. The van der Waals surface area contributed by atoms with E-state index in [9.17, 15) is 4.39 Å². The summed E-state index contributed by atoms with van der Waals surface area (Å²) in [5.74, 6) is 0.542. The van der Waals surface area contributed by atoms with Gasteiger partial charge in [0.05, 0.1) is 12.8 Å². The van der Waals surface area contributed by atoms with E-state index in [-0.39, 0.29) is 5.75 Å². The van der Waals surface area contributed by atoms with Crippen LogP contribution in [0.2, 0.25) is 0 Å². The van der Waals surface area contributed by atoms with Crippen LogP contribution in [0.15, 0.2) is 24.5 Å². The van der Waals surface area contributed by atoms with Gasteiger partial charge in [0.1, 0.15) is 12.1 Å². The first-order chi connectivity index (χ1) is 9.69. The molecule has 0 spiro atoms. The second kappa shape index (κ2) is 6.32. The van der Waals surface area contributed by atoms with Crippen LogP contribution in [-0.2, 0) is 0 Å². The molecule has 0 aliphatic heterocycles. The number of nitrogens with one attached hydrogen (secondary N) is 1. The number of hydrogen-bond donors (Lipinski definition) is 1. The first-order valence-corrected chi connectivity index (χ1v) is 6.57. The van der Waals surface area contributed by atoms with Gasteiger partial charge in [-0.25, -0.2) is 14.4 Å². The summed E-state index contributed by atoms with van der Waals surface area (Å²) in [7, 11) is 1.45. The number of halogens is 1. The Morgan fingerprint density at radius 2 is 2.10 bits per heavy atom. The molecule has 0 amide bonds. The summed E-state index contributed by atoms with van der Waals surface area (Å²) >= 11 is 0. The highest BCUT2D eigenvalue weighted by atomic mass is 19.1. The molecule has 0 radical (unpaired) electrons. The molecule has 0 saturated heterocycles. The summed E-state index contributed by atoms with van der Waals surface area (Å²) < 4.78 is 19.3. The van der Waals surface area contributed by atoms with Gasteiger partial charge in [-0.3, -0.25) is 0 Å². The van der Waals surface area contributed by atoms with Gasteiger partial charge in [-0.1, -0.05) is 13.0 Å². The zero-order chi connectivity index (χ0) is 14.5. The van der Waals surface area contributed by atoms with Crippen molar-refractivity contribution in [3.8, 4) is 17.0 Å². The van der Waals surface area contributed by atoms with Crippen LogP contribution in [0.3, 0.4) is 0 Å². The fourth-order valence-corrected chi connectivity index (χ4v) is 1.99. The summed E-state index contributed by atoms with van der Waals surface area (Å²) in [5.41, 5.74) is 1.83. The van der Waals surface area contributed by atoms with Crippen LogP contribution in [0.4, 0.5) is 10.2 Å². The van der Waals surface area contributed by atoms with Crippen molar-refractivity contribution >= 4 is 5.82 Å². The Morgan fingerprint density at radius 1 is 1.30 bits per heavy atom. The van der Waals surface area contributed by atoms with Gasteiger partial charge < -0.3 is 10.1 Å². The fraction of sp³-hybridized carbons (Fsp3) is 0.333. The van der Waals surface area contributed by atoms with Crippen LogP contribution in [-0.4, -0.2) is 23.6 Å². The maximum Gasteiger partial charge on any atom is 0.174 e. The molecule has 1 heterocycles. The van der Waals surface area contributed by atoms with E-state index in [0.717, 1.165) is 24.3 Å². The molecule has 2 aromatic rings. The minimum Gasteiger partial charge on any atom is -0.494 e. The molecule has 0 aliphatic rings. The summed E-state index contributed by atoms with van der Waals surface area (Å²) in [4.78, 5) is 8.41. The Balaban J connectivity index is 2.48. The second-order valence-corrected chi connectivity index (χ2v) is 4.44. The highest BCUT2D eigenvalue weighted by Gasteiger charge is 2.15. The molecule has 0 bridgehead atoms. The van der Waals surface area contributed by atoms with E-state index >= 15 is 0 Å². The Morgan fingerprint density at radius 3 is 2.80 bits per heavy atom. The number of ether oxygens (including phenoxy) is 1. The van der Waals surface area contributed by atoms with Gasteiger partial charge in [0, 0.05) is 17.7 Å². The zero-order valence-corrected chi connectivity index (χ0v) is 11.9. The quantitative estimate of drug-likeness (QED) is 0.908. The van der Waals surface area contributed by atoms with Gasteiger partial charge >= 0.3 is 0 Å². The van der Waals surface area contributed by atoms with E-state index in [1.54, 1.807) is 18.2 Å². The van der Waals surface area contributed by atoms with Crippen LogP contribution in [0.25, 0.3) is 11.3 Å². The highest BCUT2D eigenvalue weighted by molar-refractivity contribution is 5.69. The predicted octanol–water partition coefficient (Wildman–Crippen LogP) is 3.42. The lowest BCUT2D eigenvalue weighted by Gasteiger charge is -2.12. The largest absolute Gasteiger partial charge is 0.494 e. The Hall–Kier alpha value is -2.17. The molecule has 2 rings (SSSR count). The zero-order valence-electron chi connectivity index (χ0n) is 11.9. The number of nitrogens with zero attached hydrogens (tertiary/aromatic N) is 2. The Labute approximate surface area is 118 Å². The monoisotopic (exact) mass is 275 g/mol. The van der Waals surface area contributed by atoms with E-state index < -0.39 is 5.82 Å². The number of methoxy groups -OCH3 is 1. The molecule has 106 valence electrons. The Bertz CT molecular complexity index is 602. The molecule has 1 N–H and O–H groups in total. The van der Waals surface area contributed by atoms with Crippen molar-refractivity contribution in [1.29, 1.82) is 0 Å². The first kappa shape index (κ1) is 14.2. The lowest BCUT2D eigenvalue weighted by atomic mass is 10.1. The number of rotatable bonds is 5. The lowest BCUT2D eigenvalue weighted by Crippen LogP contribution is -2.06. The first-order valence-electron chi connectivity index (χ1n) is 6.57. The van der Waals surface area contributed by atoms with Crippen molar-refractivity contribution in [3.63, 3.8) is 0 Å². The molecule has 4 nitrogen and oxygen atoms in total. The molecule has 0 saturated carbocycles. The standard InChI is InChI=1S/C15H18FN3O/c1-4-8-17-15-10(2)14(18-9-19-15)11-6-5-7-12(20-3)13(11)16/h5-7,9H,4,8H2,1-3H3,(H,17,18,19). The van der Waals surface area contributed by atoms with Gasteiger partial charge in [0.2, 0.25) is 0 Å². The van der Waals surface area contributed by atoms with Crippen LogP contribution in [0, 0.1) is 12.7 Å². The number of anilines is 1. The second-order valence-electron chi connectivity index (χ2n) is 4.44. The molecule has 0 aliphatic carbocycles. The molecule has 1 aromatic heterocycles. The average molecular weight is 275 g/mol. The molecular weight excluding hydrogens is 257 g/mol. The van der Waals surface area contributed by atoms with E-state index in [4.69, 9.17) is 4.74 Å². The summed E-state index contributed by atoms with van der Waals surface area (Å²) in [6.45, 7) is 4.77. The van der Waals surface area contributed by atoms with Gasteiger partial charge in [-0.05, 0) is 25.5 Å². The van der Waals surface area contributed by atoms with Crippen LogP contribution in [0.5, 0.6) is 5.75 Å². The minimum atomic E-state index is -0.404. The number of aromatic nitrogens is 2. The van der Waals surface area contributed by atoms with Crippen molar-refractivity contribution < 1.29 is 9.13 Å². The topological polar surface area (TPSA) is 47.0 Å². The third kappa shape index (κ3) is 2.71. The summed E-state index contributed by atoms with van der Waals surface area (Å²) in [5, 5.41) is 3.22. The summed E-state index contributed by atoms with van der Waals surface area (Å²) in [6, 6.07) is 5.03. The molecule has 20 heavy (non-hydrogen) atoms. The van der Waals surface area contributed by atoms with Crippen LogP contribution in [0.1, 0.15) is 18.9 Å². The van der Waals surface area contributed by atoms with Crippen molar-refractivity contribution in [3.05, 3.63) is 35.9 Å². The van der Waals surface area contributed by atoms with Gasteiger partial charge in [0.15, 0.2) is 11.6 Å². The molecule has 0 atom stereocenters. The number of benzene rings is 1. The van der Waals surface area contributed by atoms with Crippen LogP contribution >= 0.6 is 0 Å². The maximum absolute atomic E-state index is 14.3. The van der Waals surface area contributed by atoms with Gasteiger partial charge in [-0.15, -0.1) is 0 Å². The van der Waals surface area contributed by atoms with E-state index in [2.05, 4.69) is 22.2 Å². The normalized spacial score (nSPS) is 10.4. The van der Waals surface area contributed by atoms with E-state index in [1.807, 2.05) is 6.92 Å². The third-order valence-corrected chi connectivity index (χ3v) is 3.06.